The molecule has 0 bridgehead atoms. The van der Waals surface area contributed by atoms with Crippen molar-refractivity contribution in [2.75, 3.05) is 0 Å². The van der Waals surface area contributed by atoms with E-state index in [0.717, 1.165) is 16.7 Å². The molecule has 50 heavy (non-hydrogen) atoms. The van der Waals surface area contributed by atoms with Gasteiger partial charge in [-0.15, -0.1) is 0 Å². The Hall–Kier alpha value is -6.43. The minimum Gasteiger partial charge on any atom is -0.309 e. The molecular formula is C45H30N4Si. The Labute approximate surface area is 291 Å². The van der Waals surface area contributed by atoms with Crippen LogP contribution in [0.5, 0.6) is 0 Å². The number of hydrogen-bond donors (Lipinski definition) is 0. The average molecular weight is 655 g/mol. The molecule has 5 heteroatoms. The first-order chi connectivity index (χ1) is 24.8. The second-order valence-electron chi connectivity index (χ2n) is 12.8. The number of benzene rings is 7. The van der Waals surface area contributed by atoms with E-state index in [-0.39, 0.29) is 0 Å². The van der Waals surface area contributed by atoms with Crippen LogP contribution < -0.4 is 20.7 Å². The Bertz CT molecular complexity index is 2630. The van der Waals surface area contributed by atoms with Gasteiger partial charge >= 0.3 is 0 Å². The molecule has 1 unspecified atom stereocenters. The van der Waals surface area contributed by atoms with E-state index in [0.29, 0.717) is 17.5 Å². The number of para-hydroxylation sites is 3. The lowest BCUT2D eigenvalue weighted by Gasteiger charge is -2.39. The first-order valence-corrected chi connectivity index (χ1v) is 19.0. The second-order valence-corrected chi connectivity index (χ2v) is 16.5. The summed E-state index contributed by atoms with van der Waals surface area (Å²) in [5.41, 5.74) is 6.69. The molecule has 234 valence electrons. The third kappa shape index (κ3) is 4.20. The van der Waals surface area contributed by atoms with E-state index in [1.165, 1.54) is 48.2 Å². The van der Waals surface area contributed by atoms with Crippen molar-refractivity contribution in [1.29, 1.82) is 0 Å². The number of rotatable bonds is 5. The molecule has 4 nitrogen and oxygen atoms in total. The highest BCUT2D eigenvalue weighted by Gasteiger charge is 2.47. The van der Waals surface area contributed by atoms with Crippen LogP contribution in [0.2, 0.25) is 0 Å². The van der Waals surface area contributed by atoms with Crippen LogP contribution in [0.15, 0.2) is 182 Å². The maximum Gasteiger partial charge on any atom is 0.184 e. The van der Waals surface area contributed by atoms with E-state index in [9.17, 15) is 0 Å². The van der Waals surface area contributed by atoms with Crippen molar-refractivity contribution in [1.82, 2.24) is 19.5 Å². The van der Waals surface area contributed by atoms with Gasteiger partial charge in [-0.25, -0.2) is 15.0 Å². The Balaban J connectivity index is 1.22. The molecule has 0 aliphatic carbocycles. The maximum absolute atomic E-state index is 5.02. The Morgan fingerprint density at radius 1 is 0.360 bits per heavy atom. The van der Waals surface area contributed by atoms with Crippen LogP contribution in [0.3, 0.4) is 0 Å². The van der Waals surface area contributed by atoms with Crippen LogP contribution in [0, 0.1) is 0 Å². The van der Waals surface area contributed by atoms with Crippen LogP contribution in [0.25, 0.3) is 61.7 Å². The molecule has 0 saturated heterocycles. The molecule has 7 aromatic carbocycles. The zero-order valence-electron chi connectivity index (χ0n) is 27.1. The fourth-order valence-electron chi connectivity index (χ4n) is 7.99. The molecule has 0 amide bonds. The first-order valence-electron chi connectivity index (χ1n) is 17.0. The smallest absolute Gasteiger partial charge is 0.184 e. The number of aromatic nitrogens is 4. The van der Waals surface area contributed by atoms with Crippen LogP contribution >= 0.6 is 0 Å². The average Bonchev–Trinajstić information content (AvgIpc) is 3.55. The van der Waals surface area contributed by atoms with Gasteiger partial charge in [-0.05, 0) is 32.9 Å². The van der Waals surface area contributed by atoms with E-state index < -0.39 is 8.07 Å². The summed E-state index contributed by atoms with van der Waals surface area (Å²) in [6.07, 6.45) is 0. The zero-order chi connectivity index (χ0) is 33.1. The second kappa shape index (κ2) is 11.3. The Morgan fingerprint density at radius 3 is 1.50 bits per heavy atom. The van der Waals surface area contributed by atoms with Gasteiger partial charge in [-0.1, -0.05) is 170 Å². The molecule has 0 N–H and O–H groups in total. The van der Waals surface area contributed by atoms with Gasteiger partial charge in [-0.3, -0.25) is 0 Å². The molecule has 1 atom stereocenters. The molecule has 10 rings (SSSR count). The summed E-state index contributed by atoms with van der Waals surface area (Å²) in [4.78, 5) is 15.0. The predicted molar refractivity (Wildman–Crippen MR) is 208 cm³/mol. The van der Waals surface area contributed by atoms with Crippen molar-refractivity contribution in [2.45, 2.75) is 0 Å². The topological polar surface area (TPSA) is 43.6 Å². The van der Waals surface area contributed by atoms with Gasteiger partial charge in [0.05, 0.1) is 11.0 Å². The fourth-order valence-corrected chi connectivity index (χ4v) is 13.1. The summed E-state index contributed by atoms with van der Waals surface area (Å²) in [6.45, 7) is 0. The Morgan fingerprint density at radius 2 is 0.840 bits per heavy atom. The maximum atomic E-state index is 5.02. The quantitative estimate of drug-likeness (QED) is 0.179. The van der Waals surface area contributed by atoms with E-state index in [4.69, 9.17) is 15.0 Å². The van der Waals surface area contributed by atoms with Crippen molar-refractivity contribution in [3.8, 4) is 39.9 Å². The van der Waals surface area contributed by atoms with E-state index in [2.05, 4.69) is 126 Å². The molecule has 1 aliphatic rings. The van der Waals surface area contributed by atoms with Crippen molar-refractivity contribution in [3.63, 3.8) is 0 Å². The molecule has 9 aromatic rings. The molecule has 2 aromatic heterocycles. The van der Waals surface area contributed by atoms with E-state index >= 15 is 0 Å². The van der Waals surface area contributed by atoms with Gasteiger partial charge in [0.2, 0.25) is 0 Å². The third-order valence-electron chi connectivity index (χ3n) is 10.1. The highest BCUT2D eigenvalue weighted by molar-refractivity contribution is 7.21. The first kappa shape index (κ1) is 28.6. The molecule has 0 saturated carbocycles. The molecule has 0 radical (unpaired) electrons. The molecule has 3 heterocycles. The van der Waals surface area contributed by atoms with Crippen LogP contribution in [0.4, 0.5) is 0 Å². The lowest BCUT2D eigenvalue weighted by atomic mass is 10.1. The number of nitrogens with zero attached hydrogens (tertiary/aromatic N) is 4. The summed E-state index contributed by atoms with van der Waals surface area (Å²) >= 11 is 0. The fraction of sp³-hybridized carbons (Fsp3) is 0. The lowest BCUT2D eigenvalue weighted by molar-refractivity contribution is 1.07. The van der Waals surface area contributed by atoms with E-state index in [1.54, 1.807) is 0 Å². The Kier molecular flexibility index (Phi) is 6.47. The SMILES string of the molecule is c1ccc(-c2nc(-c3ccccc3)nc(-c3ccc([Si]4(c5ccccc5)c5ccccc5-n5c6ccccc6c6cccc4c65)cc3)n2)cc1. The zero-order valence-corrected chi connectivity index (χ0v) is 28.1. The number of hydrogen-bond acceptors (Lipinski definition) is 3. The van der Waals surface area contributed by atoms with Crippen LogP contribution in [-0.2, 0) is 0 Å². The highest BCUT2D eigenvalue weighted by Crippen LogP contribution is 2.35. The minimum atomic E-state index is -2.79. The van der Waals surface area contributed by atoms with Crippen molar-refractivity contribution < 1.29 is 0 Å². The van der Waals surface area contributed by atoms with Gasteiger partial charge < -0.3 is 4.57 Å². The highest BCUT2D eigenvalue weighted by atomic mass is 28.3. The largest absolute Gasteiger partial charge is 0.309 e. The monoisotopic (exact) mass is 654 g/mol. The lowest BCUT2D eigenvalue weighted by Crippen LogP contribution is -2.76. The van der Waals surface area contributed by atoms with Gasteiger partial charge in [0.1, 0.15) is 0 Å². The molecule has 0 spiro atoms. The van der Waals surface area contributed by atoms with Gasteiger partial charge in [0.25, 0.3) is 0 Å². The molecular weight excluding hydrogens is 625 g/mol. The third-order valence-corrected chi connectivity index (χ3v) is 15.0. The van der Waals surface area contributed by atoms with E-state index in [1.807, 2.05) is 60.7 Å². The molecule has 0 fully saturated rings. The summed E-state index contributed by atoms with van der Waals surface area (Å²) in [6, 6.07) is 65.3. The summed E-state index contributed by atoms with van der Waals surface area (Å²) in [5.74, 6) is 1.98. The molecule has 1 aliphatic heterocycles. The standard InChI is InChI=1S/C45H30N4Si/c1-4-15-31(16-5-1)43-46-44(32-17-6-2-7-18-32)48-45(47-43)33-27-29-35(30-28-33)50(34-19-8-3-9-20-34)40-25-13-12-24-39(40)49-38-23-11-10-21-36(38)37-22-14-26-41(50)42(37)49/h1-30H. The van der Waals surface area contributed by atoms with Gasteiger partial charge in [0.15, 0.2) is 25.5 Å². The summed E-state index contributed by atoms with van der Waals surface area (Å²) < 4.78 is 2.50. The van der Waals surface area contributed by atoms with Gasteiger partial charge in [-0.2, -0.15) is 0 Å². The van der Waals surface area contributed by atoms with Crippen molar-refractivity contribution in [2.24, 2.45) is 0 Å². The van der Waals surface area contributed by atoms with Crippen molar-refractivity contribution in [3.05, 3.63) is 182 Å². The van der Waals surface area contributed by atoms with Crippen molar-refractivity contribution >= 4 is 50.6 Å². The van der Waals surface area contributed by atoms with Gasteiger partial charge in [0, 0.05) is 33.2 Å². The summed E-state index contributed by atoms with van der Waals surface area (Å²) in [7, 11) is -2.79. The normalized spacial score (nSPS) is 14.9. The van der Waals surface area contributed by atoms with Crippen LogP contribution in [0.1, 0.15) is 0 Å². The predicted octanol–water partition coefficient (Wildman–Crippen LogP) is 7.66. The number of fused-ring (bicyclic) bond motifs is 5. The minimum absolute atomic E-state index is 0.658. The summed E-state index contributed by atoms with van der Waals surface area (Å²) in [5, 5.41) is 8.06. The van der Waals surface area contributed by atoms with Crippen LogP contribution in [-0.4, -0.2) is 27.6 Å².